The van der Waals surface area contributed by atoms with Gasteiger partial charge in [-0.15, -0.1) is 0 Å². The Morgan fingerprint density at radius 1 is 1.30 bits per heavy atom. The van der Waals surface area contributed by atoms with Crippen molar-refractivity contribution in [2.75, 3.05) is 20.2 Å². The van der Waals surface area contributed by atoms with E-state index in [9.17, 15) is 0 Å². The molecular formula is C14H20Cl2NO5P. The van der Waals surface area contributed by atoms with E-state index in [0.717, 1.165) is 25.9 Å². The monoisotopic (exact) mass is 383 g/mol. The molecule has 0 aromatic heterocycles. The molecule has 23 heavy (non-hydrogen) atoms. The summed E-state index contributed by atoms with van der Waals surface area (Å²) in [7, 11) is -2.83. The Labute approximate surface area is 145 Å². The highest BCUT2D eigenvalue weighted by Crippen LogP contribution is 2.49. The van der Waals surface area contributed by atoms with Gasteiger partial charge < -0.3 is 24.7 Å². The summed E-state index contributed by atoms with van der Waals surface area (Å²) in [4.78, 5) is 21.6. The maximum absolute atomic E-state index is 8.88. The first kappa shape index (κ1) is 19.2. The summed E-state index contributed by atoms with van der Waals surface area (Å²) in [5, 5.41) is 4.78. The van der Waals surface area contributed by atoms with Crippen LogP contribution in [0, 0.1) is 5.92 Å². The topological polar surface area (TPSA) is 99.0 Å². The molecule has 130 valence electrons. The van der Waals surface area contributed by atoms with Gasteiger partial charge in [-0.25, -0.2) is 4.57 Å². The fraction of sp³-hybridized carbons (Fsp3) is 0.571. The first-order valence-corrected chi connectivity index (χ1v) is 9.45. The molecule has 0 unspecified atom stereocenters. The Kier molecular flexibility index (Phi) is 6.15. The standard InChI is InChI=1S/C14H17Cl2NO.H3O4P/c1-18-11-4-10-7-17-8-14(10,6-11)9-2-3-12(15)13(16)5-9;1-5(2,3)4/h2-3,5,10-11,17H,4,6-8H2,1H3;(H3,1,2,3,4)/t10-,11-,14+;/m1./s1. The van der Waals surface area contributed by atoms with Crippen LogP contribution in [0.15, 0.2) is 18.2 Å². The molecule has 1 heterocycles. The predicted octanol–water partition coefficient (Wildman–Crippen LogP) is 2.33. The van der Waals surface area contributed by atoms with Gasteiger partial charge in [0, 0.05) is 19.1 Å². The van der Waals surface area contributed by atoms with Gasteiger partial charge in [0.15, 0.2) is 0 Å². The fourth-order valence-corrected chi connectivity index (χ4v) is 3.90. The lowest BCUT2D eigenvalue weighted by Crippen LogP contribution is -2.31. The van der Waals surface area contributed by atoms with Gasteiger partial charge in [0.1, 0.15) is 0 Å². The first-order chi connectivity index (χ1) is 10.7. The Bertz CT molecular complexity index is 603. The van der Waals surface area contributed by atoms with Crippen LogP contribution in [0.5, 0.6) is 0 Å². The quantitative estimate of drug-likeness (QED) is 0.585. The normalized spacial score (nSPS) is 29.8. The van der Waals surface area contributed by atoms with Crippen molar-refractivity contribution in [3.05, 3.63) is 33.8 Å². The van der Waals surface area contributed by atoms with Gasteiger partial charge in [0.25, 0.3) is 0 Å². The maximum atomic E-state index is 8.88. The molecule has 1 saturated carbocycles. The van der Waals surface area contributed by atoms with Crippen molar-refractivity contribution in [2.45, 2.75) is 24.4 Å². The second kappa shape index (κ2) is 7.38. The highest BCUT2D eigenvalue weighted by molar-refractivity contribution is 7.45. The lowest BCUT2D eigenvalue weighted by molar-refractivity contribution is 0.100. The molecule has 1 aromatic rings. The molecule has 6 nitrogen and oxygen atoms in total. The molecule has 1 aromatic carbocycles. The third-order valence-corrected chi connectivity index (χ3v) is 5.32. The van der Waals surface area contributed by atoms with E-state index in [-0.39, 0.29) is 5.41 Å². The smallest absolute Gasteiger partial charge is 0.381 e. The molecule has 3 atom stereocenters. The van der Waals surface area contributed by atoms with Crippen molar-refractivity contribution in [1.29, 1.82) is 0 Å². The summed E-state index contributed by atoms with van der Waals surface area (Å²) in [6.45, 7) is 2.08. The number of fused-ring (bicyclic) bond motifs is 1. The average Bonchev–Trinajstić information content (AvgIpc) is 2.97. The average molecular weight is 384 g/mol. The zero-order valence-corrected chi connectivity index (χ0v) is 15.0. The van der Waals surface area contributed by atoms with Crippen LogP contribution in [0.25, 0.3) is 0 Å². The zero-order valence-electron chi connectivity index (χ0n) is 12.6. The van der Waals surface area contributed by atoms with E-state index < -0.39 is 7.82 Å². The van der Waals surface area contributed by atoms with Crippen LogP contribution in [-0.2, 0) is 14.7 Å². The molecule has 1 aliphatic carbocycles. The molecule has 3 rings (SSSR count). The molecular weight excluding hydrogens is 364 g/mol. The van der Waals surface area contributed by atoms with Crippen LogP contribution < -0.4 is 5.32 Å². The van der Waals surface area contributed by atoms with Crippen LogP contribution in [0.4, 0.5) is 0 Å². The summed E-state index contributed by atoms with van der Waals surface area (Å²) in [5.74, 6) is 0.639. The van der Waals surface area contributed by atoms with E-state index in [2.05, 4.69) is 11.4 Å². The highest BCUT2D eigenvalue weighted by atomic mass is 35.5. The Morgan fingerprint density at radius 3 is 2.52 bits per heavy atom. The predicted molar refractivity (Wildman–Crippen MR) is 88.8 cm³/mol. The van der Waals surface area contributed by atoms with Crippen molar-refractivity contribution < 1.29 is 24.0 Å². The lowest BCUT2D eigenvalue weighted by atomic mass is 9.74. The molecule has 1 aliphatic heterocycles. The summed E-state index contributed by atoms with van der Waals surface area (Å²) in [6.07, 6.45) is 2.56. The van der Waals surface area contributed by atoms with Gasteiger partial charge in [-0.1, -0.05) is 29.3 Å². The second-order valence-electron chi connectivity index (χ2n) is 5.92. The fourth-order valence-electron chi connectivity index (χ4n) is 3.60. The van der Waals surface area contributed by atoms with Crippen LogP contribution >= 0.6 is 31.0 Å². The van der Waals surface area contributed by atoms with Gasteiger partial charge in [0.2, 0.25) is 0 Å². The van der Waals surface area contributed by atoms with Crippen LogP contribution in [-0.4, -0.2) is 41.0 Å². The van der Waals surface area contributed by atoms with E-state index in [4.69, 9.17) is 47.2 Å². The van der Waals surface area contributed by atoms with Crippen molar-refractivity contribution in [2.24, 2.45) is 5.92 Å². The highest BCUT2D eigenvalue weighted by Gasteiger charge is 2.51. The van der Waals surface area contributed by atoms with Gasteiger partial charge in [-0.2, -0.15) is 0 Å². The lowest BCUT2D eigenvalue weighted by Gasteiger charge is -2.29. The minimum Gasteiger partial charge on any atom is -0.381 e. The molecule has 0 bridgehead atoms. The number of halogens is 2. The third kappa shape index (κ3) is 4.68. The van der Waals surface area contributed by atoms with E-state index in [1.165, 1.54) is 5.56 Å². The van der Waals surface area contributed by atoms with E-state index >= 15 is 0 Å². The molecule has 0 amide bonds. The number of methoxy groups -OCH3 is 1. The molecule has 4 N–H and O–H groups in total. The van der Waals surface area contributed by atoms with Gasteiger partial charge in [-0.3, -0.25) is 0 Å². The van der Waals surface area contributed by atoms with Crippen LogP contribution in [0.2, 0.25) is 10.0 Å². The largest absolute Gasteiger partial charge is 0.466 e. The van der Waals surface area contributed by atoms with Crippen molar-refractivity contribution in [1.82, 2.24) is 5.32 Å². The van der Waals surface area contributed by atoms with Crippen LogP contribution in [0.1, 0.15) is 18.4 Å². The van der Waals surface area contributed by atoms with Gasteiger partial charge in [-0.05, 0) is 43.0 Å². The number of ether oxygens (including phenoxy) is 1. The summed E-state index contributed by atoms with van der Waals surface area (Å²) >= 11 is 12.2. The van der Waals surface area contributed by atoms with Crippen LogP contribution in [0.3, 0.4) is 0 Å². The van der Waals surface area contributed by atoms with E-state index in [1.54, 1.807) is 0 Å². The third-order valence-electron chi connectivity index (χ3n) is 4.58. The second-order valence-corrected chi connectivity index (χ2v) is 7.76. The molecule has 2 aliphatic rings. The molecule has 0 spiro atoms. The van der Waals surface area contributed by atoms with Crippen molar-refractivity contribution in [3.63, 3.8) is 0 Å². The summed E-state index contributed by atoms with van der Waals surface area (Å²) in [5.41, 5.74) is 1.47. The van der Waals surface area contributed by atoms with Crippen molar-refractivity contribution >= 4 is 31.0 Å². The SMILES string of the molecule is CO[C@@H]1C[C@@H]2CNC[C@]2(c2ccc(Cl)c(Cl)c2)C1.O=P(O)(O)O. The number of hydrogen-bond acceptors (Lipinski definition) is 3. The Morgan fingerprint density at radius 2 is 1.96 bits per heavy atom. The summed E-state index contributed by atoms with van der Waals surface area (Å²) < 4.78 is 14.4. The molecule has 2 fully saturated rings. The minimum atomic E-state index is -4.64. The number of phosphoric acid groups is 1. The molecule has 0 radical (unpaired) electrons. The molecule has 9 heteroatoms. The van der Waals surface area contributed by atoms with E-state index in [0.29, 0.717) is 22.1 Å². The van der Waals surface area contributed by atoms with Crippen molar-refractivity contribution in [3.8, 4) is 0 Å². The number of hydrogen-bond donors (Lipinski definition) is 4. The number of nitrogens with one attached hydrogen (secondary N) is 1. The number of benzene rings is 1. The maximum Gasteiger partial charge on any atom is 0.466 e. The zero-order chi connectivity index (χ0) is 17.3. The minimum absolute atomic E-state index is 0.176. The summed E-state index contributed by atoms with van der Waals surface area (Å²) in [6, 6.07) is 6.05. The van der Waals surface area contributed by atoms with E-state index in [1.807, 2.05) is 19.2 Å². The Hall–Kier alpha value is -0.170. The van der Waals surface area contributed by atoms with Gasteiger partial charge >= 0.3 is 7.82 Å². The van der Waals surface area contributed by atoms with Gasteiger partial charge in [0.05, 0.1) is 16.1 Å². The molecule has 1 saturated heterocycles. The first-order valence-electron chi connectivity index (χ1n) is 7.13. The Balaban J connectivity index is 0.000000338. The number of rotatable bonds is 2.